The van der Waals surface area contributed by atoms with E-state index in [1.54, 1.807) is 7.11 Å². The van der Waals surface area contributed by atoms with E-state index in [1.807, 2.05) is 19.9 Å². The summed E-state index contributed by atoms with van der Waals surface area (Å²) in [7, 11) is 1.66. The van der Waals surface area contributed by atoms with E-state index in [-0.39, 0.29) is 5.92 Å². The number of aryl methyl sites for hydroxylation is 1. The topological polar surface area (TPSA) is 33.0 Å². The van der Waals surface area contributed by atoms with Crippen LogP contribution in [0.1, 0.15) is 29.0 Å². The third kappa shape index (κ3) is 1.66. The van der Waals surface area contributed by atoms with Gasteiger partial charge in [-0.3, -0.25) is 0 Å². The third-order valence-corrected chi connectivity index (χ3v) is 3.82. The molecule has 1 aliphatic carbocycles. The van der Waals surface area contributed by atoms with Gasteiger partial charge in [-0.05, 0) is 37.5 Å². The first-order valence-electron chi connectivity index (χ1n) is 5.33. The number of benzene rings is 1. The molecule has 16 heavy (non-hydrogen) atoms. The zero-order valence-corrected chi connectivity index (χ0v) is 10.4. The number of halogens is 1. The van der Waals surface area contributed by atoms with Gasteiger partial charge < -0.3 is 4.74 Å². The van der Waals surface area contributed by atoms with Gasteiger partial charge in [-0.15, -0.1) is 0 Å². The quantitative estimate of drug-likeness (QED) is 0.785. The van der Waals surface area contributed by atoms with E-state index >= 15 is 0 Å². The molecule has 3 heteroatoms. The molecule has 0 heterocycles. The predicted octanol–water partition coefficient (Wildman–Crippen LogP) is 3.59. The summed E-state index contributed by atoms with van der Waals surface area (Å²) in [6, 6.07) is 4.26. The summed E-state index contributed by atoms with van der Waals surface area (Å²) in [5.41, 5.74) is 3.19. The van der Waals surface area contributed by atoms with Gasteiger partial charge in [0.05, 0.1) is 19.1 Å². The van der Waals surface area contributed by atoms with E-state index in [2.05, 4.69) is 6.07 Å². The van der Waals surface area contributed by atoms with Crippen LogP contribution < -0.4 is 4.74 Å². The molecule has 2 unspecified atom stereocenters. The second-order valence-electron chi connectivity index (χ2n) is 4.33. The van der Waals surface area contributed by atoms with Gasteiger partial charge in [-0.25, -0.2) is 0 Å². The number of nitrogens with zero attached hydrogens (tertiary/aromatic N) is 1. The molecule has 0 amide bonds. The molecule has 0 N–H and O–H groups in total. The van der Waals surface area contributed by atoms with Crippen LogP contribution in [0.3, 0.4) is 0 Å². The first-order chi connectivity index (χ1) is 7.60. The van der Waals surface area contributed by atoms with E-state index in [9.17, 15) is 0 Å². The number of hydrogen-bond acceptors (Lipinski definition) is 2. The number of ether oxygens (including phenoxy) is 1. The molecule has 0 aliphatic heterocycles. The lowest BCUT2D eigenvalue weighted by Gasteiger charge is -2.14. The first-order valence-corrected chi connectivity index (χ1v) is 5.71. The monoisotopic (exact) mass is 235 g/mol. The molecule has 0 spiro atoms. The molecule has 1 aliphatic rings. The first kappa shape index (κ1) is 11.3. The van der Waals surface area contributed by atoms with Gasteiger partial charge in [-0.2, -0.15) is 5.26 Å². The molecule has 2 rings (SSSR count). The Bertz CT molecular complexity index is 476. The van der Waals surface area contributed by atoms with Crippen molar-refractivity contribution in [2.45, 2.75) is 26.2 Å². The van der Waals surface area contributed by atoms with Gasteiger partial charge >= 0.3 is 0 Å². The van der Waals surface area contributed by atoms with Crippen molar-refractivity contribution in [2.24, 2.45) is 5.92 Å². The number of nitriles is 1. The fourth-order valence-electron chi connectivity index (χ4n) is 2.22. The minimum atomic E-state index is 0.131. The number of rotatable bonds is 2. The highest BCUT2D eigenvalue weighted by Crippen LogP contribution is 2.52. The van der Waals surface area contributed by atoms with Crippen LogP contribution in [0.5, 0.6) is 5.75 Å². The summed E-state index contributed by atoms with van der Waals surface area (Å²) in [5.74, 6) is 1.30. The molecule has 0 aromatic heterocycles. The van der Waals surface area contributed by atoms with E-state index in [4.69, 9.17) is 21.6 Å². The molecule has 2 nitrogen and oxygen atoms in total. The average Bonchev–Trinajstić information content (AvgIpc) is 3.04. The van der Waals surface area contributed by atoms with E-state index < -0.39 is 0 Å². The highest BCUT2D eigenvalue weighted by Gasteiger charge is 2.41. The summed E-state index contributed by atoms with van der Waals surface area (Å²) in [6.07, 6.45) is 0.924. The summed E-state index contributed by atoms with van der Waals surface area (Å²) in [5, 5.41) is 9.68. The van der Waals surface area contributed by atoms with Gasteiger partial charge in [0.1, 0.15) is 5.75 Å². The van der Waals surface area contributed by atoms with Crippen molar-refractivity contribution in [3.8, 4) is 11.8 Å². The molecule has 1 saturated carbocycles. The lowest BCUT2D eigenvalue weighted by atomic mass is 9.99. The van der Waals surface area contributed by atoms with Gasteiger partial charge in [0.25, 0.3) is 0 Å². The van der Waals surface area contributed by atoms with Crippen molar-refractivity contribution < 1.29 is 4.74 Å². The Morgan fingerprint density at radius 2 is 2.19 bits per heavy atom. The summed E-state index contributed by atoms with van der Waals surface area (Å²) < 4.78 is 5.39. The Balaban J connectivity index is 2.52. The Kier molecular flexibility index (Phi) is 2.82. The van der Waals surface area contributed by atoms with Crippen molar-refractivity contribution >= 4 is 11.6 Å². The Labute approximate surface area is 101 Å². The van der Waals surface area contributed by atoms with Crippen LogP contribution in [0, 0.1) is 31.1 Å². The molecule has 1 fully saturated rings. The van der Waals surface area contributed by atoms with Gasteiger partial charge in [0, 0.05) is 16.5 Å². The number of methoxy groups -OCH3 is 1. The maximum absolute atomic E-state index is 8.89. The fraction of sp³-hybridized carbons (Fsp3) is 0.462. The van der Waals surface area contributed by atoms with E-state index in [0.717, 1.165) is 33.9 Å². The van der Waals surface area contributed by atoms with E-state index in [1.165, 1.54) is 0 Å². The molecule has 84 valence electrons. The summed E-state index contributed by atoms with van der Waals surface area (Å²) >= 11 is 6.24. The van der Waals surface area contributed by atoms with Crippen molar-refractivity contribution in [3.63, 3.8) is 0 Å². The Hall–Kier alpha value is -1.20. The normalized spacial score (nSPS) is 22.7. The largest absolute Gasteiger partial charge is 0.496 e. The van der Waals surface area contributed by atoms with Crippen LogP contribution >= 0.6 is 11.6 Å². The second-order valence-corrected chi connectivity index (χ2v) is 4.70. The van der Waals surface area contributed by atoms with Crippen LogP contribution in [0.25, 0.3) is 0 Å². The third-order valence-electron chi connectivity index (χ3n) is 3.24. The van der Waals surface area contributed by atoms with Crippen LogP contribution in [0.2, 0.25) is 5.02 Å². The highest BCUT2D eigenvalue weighted by molar-refractivity contribution is 6.32. The fourth-order valence-corrected chi connectivity index (χ4v) is 2.38. The lowest BCUT2D eigenvalue weighted by molar-refractivity contribution is 0.408. The lowest BCUT2D eigenvalue weighted by Crippen LogP contribution is -1.97. The Morgan fingerprint density at radius 1 is 1.50 bits per heavy atom. The van der Waals surface area contributed by atoms with Crippen LogP contribution in [-0.2, 0) is 0 Å². The SMILES string of the molecule is COc1cc(C)c(Cl)c(C)c1C1CC1C#N. The predicted molar refractivity (Wildman–Crippen MR) is 63.9 cm³/mol. The average molecular weight is 236 g/mol. The van der Waals surface area contributed by atoms with Crippen molar-refractivity contribution in [2.75, 3.05) is 7.11 Å². The molecular weight excluding hydrogens is 222 g/mol. The number of hydrogen-bond donors (Lipinski definition) is 0. The standard InChI is InChI=1S/C13H14ClNO/c1-7-4-11(16-3)12(8(2)13(7)14)10-5-9(10)6-15/h4,9-10H,5H2,1-3H3. The highest BCUT2D eigenvalue weighted by atomic mass is 35.5. The smallest absolute Gasteiger partial charge is 0.123 e. The van der Waals surface area contributed by atoms with Gasteiger partial charge in [-0.1, -0.05) is 11.6 Å². The molecular formula is C13H14ClNO. The van der Waals surface area contributed by atoms with Crippen LogP contribution in [0.4, 0.5) is 0 Å². The summed E-state index contributed by atoms with van der Waals surface area (Å²) in [6.45, 7) is 3.97. The van der Waals surface area contributed by atoms with Crippen molar-refractivity contribution in [1.29, 1.82) is 5.26 Å². The minimum Gasteiger partial charge on any atom is -0.496 e. The van der Waals surface area contributed by atoms with Crippen molar-refractivity contribution in [1.82, 2.24) is 0 Å². The van der Waals surface area contributed by atoms with Gasteiger partial charge in [0.2, 0.25) is 0 Å². The van der Waals surface area contributed by atoms with Crippen LogP contribution in [-0.4, -0.2) is 7.11 Å². The maximum Gasteiger partial charge on any atom is 0.123 e. The second kappa shape index (κ2) is 3.99. The molecule has 1 aromatic rings. The van der Waals surface area contributed by atoms with Crippen molar-refractivity contribution in [3.05, 3.63) is 27.8 Å². The molecule has 0 saturated heterocycles. The zero-order valence-electron chi connectivity index (χ0n) is 9.67. The van der Waals surface area contributed by atoms with Crippen LogP contribution in [0.15, 0.2) is 6.07 Å². The minimum absolute atomic E-state index is 0.131. The zero-order chi connectivity index (χ0) is 11.9. The Morgan fingerprint density at radius 3 is 2.69 bits per heavy atom. The summed E-state index contributed by atoms with van der Waals surface area (Å²) in [4.78, 5) is 0. The maximum atomic E-state index is 8.89. The van der Waals surface area contributed by atoms with Gasteiger partial charge in [0.15, 0.2) is 0 Å². The molecule has 0 bridgehead atoms. The molecule has 2 atom stereocenters. The molecule has 1 aromatic carbocycles. The van der Waals surface area contributed by atoms with E-state index in [0.29, 0.717) is 5.92 Å². The molecule has 0 radical (unpaired) electrons.